The predicted molar refractivity (Wildman–Crippen MR) is 91.5 cm³/mol. The van der Waals surface area contributed by atoms with Crippen LogP contribution in [0, 0.1) is 22.7 Å². The van der Waals surface area contributed by atoms with Crippen LogP contribution in [0.3, 0.4) is 0 Å². The van der Waals surface area contributed by atoms with E-state index >= 15 is 0 Å². The fraction of sp³-hybridized carbons (Fsp3) is 0.650. The molecule has 3 rings (SSSR count). The third-order valence-electron chi connectivity index (χ3n) is 7.02. The Morgan fingerprint density at radius 2 is 2.21 bits per heavy atom. The minimum Gasteiger partial charge on any atom is -0.481 e. The second-order valence-corrected chi connectivity index (χ2v) is 7.98. The van der Waals surface area contributed by atoms with Crippen molar-refractivity contribution in [1.82, 2.24) is 0 Å². The van der Waals surface area contributed by atoms with E-state index in [9.17, 15) is 15.0 Å². The third kappa shape index (κ3) is 2.34. The lowest BCUT2D eigenvalue weighted by molar-refractivity contribution is -0.181. The van der Waals surface area contributed by atoms with Gasteiger partial charge in [-0.05, 0) is 67.9 Å². The Kier molecular flexibility index (Phi) is 4.37. The summed E-state index contributed by atoms with van der Waals surface area (Å²) in [5.41, 5.74) is 0.735. The van der Waals surface area contributed by atoms with Crippen molar-refractivity contribution in [3.05, 3.63) is 35.8 Å². The van der Waals surface area contributed by atoms with Gasteiger partial charge in [-0.25, -0.2) is 0 Å². The number of carbonyl (C=O) groups is 1. The van der Waals surface area contributed by atoms with Crippen molar-refractivity contribution in [2.24, 2.45) is 22.7 Å². The maximum atomic E-state index is 12.3. The Balaban J connectivity index is 1.99. The molecular weight excluding hydrogens is 304 g/mol. The molecule has 5 atom stereocenters. The smallest absolute Gasteiger partial charge is 0.316 e. The third-order valence-corrected chi connectivity index (χ3v) is 7.02. The molecule has 132 valence electrons. The van der Waals surface area contributed by atoms with Gasteiger partial charge in [0.2, 0.25) is 0 Å². The SMILES string of the molecule is CC1=CCC[C@@H]2[C@@](C)(CCc3ccoc3)[C@H](C)C[C@H](O)[C@@]12C(=O)O. The second-order valence-electron chi connectivity index (χ2n) is 7.98. The largest absolute Gasteiger partial charge is 0.481 e. The lowest BCUT2D eigenvalue weighted by Gasteiger charge is -2.59. The summed E-state index contributed by atoms with van der Waals surface area (Å²) < 4.78 is 5.17. The van der Waals surface area contributed by atoms with Gasteiger partial charge in [-0.1, -0.05) is 25.5 Å². The van der Waals surface area contributed by atoms with Crippen molar-refractivity contribution in [2.75, 3.05) is 0 Å². The van der Waals surface area contributed by atoms with E-state index in [0.717, 1.165) is 36.8 Å². The van der Waals surface area contributed by atoms with Gasteiger partial charge in [0.1, 0.15) is 5.41 Å². The van der Waals surface area contributed by atoms with Crippen molar-refractivity contribution in [1.29, 1.82) is 0 Å². The highest BCUT2D eigenvalue weighted by molar-refractivity contribution is 5.80. The number of furan rings is 1. The van der Waals surface area contributed by atoms with Gasteiger partial charge in [0, 0.05) is 0 Å². The van der Waals surface area contributed by atoms with E-state index in [1.165, 1.54) is 0 Å². The van der Waals surface area contributed by atoms with Crippen LogP contribution in [0.2, 0.25) is 0 Å². The van der Waals surface area contributed by atoms with Crippen LogP contribution in [0.4, 0.5) is 0 Å². The highest BCUT2D eigenvalue weighted by Gasteiger charge is 2.63. The van der Waals surface area contributed by atoms with Crippen LogP contribution in [-0.4, -0.2) is 22.3 Å². The zero-order valence-electron chi connectivity index (χ0n) is 14.8. The summed E-state index contributed by atoms with van der Waals surface area (Å²) in [5.74, 6) is -0.629. The number of hydrogen-bond donors (Lipinski definition) is 2. The minimum atomic E-state index is -1.13. The normalized spacial score (nSPS) is 39.2. The molecule has 4 nitrogen and oxygen atoms in total. The molecule has 24 heavy (non-hydrogen) atoms. The van der Waals surface area contributed by atoms with Gasteiger partial charge in [-0.15, -0.1) is 0 Å². The standard InChI is InChI=1S/C20H28O4/c1-13-5-4-6-16-19(3,9-7-15-8-10-24-12-15)14(2)11-17(21)20(13,16)18(22)23/h5,8,10,12,14,16-17,21H,4,6-7,9,11H2,1-3H3,(H,22,23)/t14-,16-,17+,19+,20-/m1/s1. The summed E-state index contributed by atoms with van der Waals surface area (Å²) in [5, 5.41) is 20.9. The first kappa shape index (κ1) is 17.3. The number of carboxylic acids is 1. The van der Waals surface area contributed by atoms with Gasteiger partial charge < -0.3 is 14.6 Å². The van der Waals surface area contributed by atoms with E-state index in [1.807, 2.05) is 19.1 Å². The second kappa shape index (κ2) is 6.07. The van der Waals surface area contributed by atoms with Gasteiger partial charge in [0.05, 0.1) is 18.6 Å². The van der Waals surface area contributed by atoms with Crippen molar-refractivity contribution >= 4 is 5.97 Å². The first-order valence-electron chi connectivity index (χ1n) is 8.93. The highest BCUT2D eigenvalue weighted by Crippen LogP contribution is 2.62. The summed E-state index contributed by atoms with van der Waals surface area (Å²) in [6.45, 7) is 6.28. The molecule has 1 aromatic rings. The highest BCUT2D eigenvalue weighted by atomic mass is 16.4. The first-order valence-corrected chi connectivity index (χ1v) is 8.93. The molecule has 1 saturated carbocycles. The van der Waals surface area contributed by atoms with Gasteiger partial charge in [0.15, 0.2) is 0 Å². The molecule has 1 aromatic heterocycles. The van der Waals surface area contributed by atoms with Crippen LogP contribution >= 0.6 is 0 Å². The van der Waals surface area contributed by atoms with E-state index in [-0.39, 0.29) is 17.3 Å². The molecule has 0 aliphatic heterocycles. The molecule has 2 N–H and O–H groups in total. The van der Waals surface area contributed by atoms with E-state index in [1.54, 1.807) is 12.5 Å². The molecule has 1 heterocycles. The van der Waals surface area contributed by atoms with E-state index in [0.29, 0.717) is 6.42 Å². The van der Waals surface area contributed by atoms with E-state index in [2.05, 4.69) is 13.8 Å². The van der Waals surface area contributed by atoms with Crippen molar-refractivity contribution in [3.63, 3.8) is 0 Å². The zero-order valence-corrected chi connectivity index (χ0v) is 14.8. The van der Waals surface area contributed by atoms with Gasteiger partial charge in [0.25, 0.3) is 0 Å². The van der Waals surface area contributed by atoms with E-state index < -0.39 is 17.5 Å². The van der Waals surface area contributed by atoms with Crippen molar-refractivity contribution in [2.45, 2.75) is 59.0 Å². The molecule has 0 bridgehead atoms. The summed E-state index contributed by atoms with van der Waals surface area (Å²) in [6.07, 6.45) is 8.70. The summed E-state index contributed by atoms with van der Waals surface area (Å²) in [4.78, 5) is 12.3. The lowest BCUT2D eigenvalue weighted by Crippen LogP contribution is -2.61. The maximum absolute atomic E-state index is 12.3. The van der Waals surface area contributed by atoms with Gasteiger partial charge >= 0.3 is 5.97 Å². The fourth-order valence-electron chi connectivity index (χ4n) is 5.35. The molecule has 0 aromatic carbocycles. The molecule has 0 amide bonds. The number of aliphatic carboxylic acids is 1. The Morgan fingerprint density at radius 1 is 1.46 bits per heavy atom. The zero-order chi connectivity index (χ0) is 17.5. The van der Waals surface area contributed by atoms with Crippen LogP contribution in [-0.2, 0) is 11.2 Å². The maximum Gasteiger partial charge on any atom is 0.316 e. The van der Waals surface area contributed by atoms with Gasteiger partial charge in [-0.3, -0.25) is 4.79 Å². The number of hydrogen-bond acceptors (Lipinski definition) is 3. The number of allylic oxidation sites excluding steroid dienone is 1. The molecule has 2 aliphatic rings. The Bertz CT molecular complexity index is 632. The van der Waals surface area contributed by atoms with Crippen LogP contribution in [0.1, 0.15) is 52.0 Å². The van der Waals surface area contributed by atoms with Crippen LogP contribution in [0.15, 0.2) is 34.7 Å². The number of rotatable bonds is 4. The molecule has 2 aliphatic carbocycles. The van der Waals surface area contributed by atoms with Crippen LogP contribution < -0.4 is 0 Å². The average Bonchev–Trinajstić information content (AvgIpc) is 3.04. The molecule has 0 radical (unpaired) electrons. The number of carboxylic acid groups (broad SMARTS) is 1. The van der Waals surface area contributed by atoms with E-state index in [4.69, 9.17) is 4.42 Å². The Morgan fingerprint density at radius 3 is 2.83 bits per heavy atom. The van der Waals surface area contributed by atoms with Crippen molar-refractivity contribution in [3.8, 4) is 0 Å². The first-order chi connectivity index (χ1) is 11.3. The minimum absolute atomic E-state index is 0.0434. The van der Waals surface area contributed by atoms with Crippen LogP contribution in [0.5, 0.6) is 0 Å². The molecule has 0 spiro atoms. The number of aliphatic hydroxyl groups excluding tert-OH is 1. The molecule has 4 heteroatoms. The lowest BCUT2D eigenvalue weighted by atomic mass is 9.45. The fourth-order valence-corrected chi connectivity index (χ4v) is 5.35. The summed E-state index contributed by atoms with van der Waals surface area (Å²) >= 11 is 0. The molecular formula is C20H28O4. The Labute approximate surface area is 143 Å². The van der Waals surface area contributed by atoms with Crippen LogP contribution in [0.25, 0.3) is 0 Å². The van der Waals surface area contributed by atoms with Crippen molar-refractivity contribution < 1.29 is 19.4 Å². The summed E-state index contributed by atoms with van der Waals surface area (Å²) in [7, 11) is 0. The summed E-state index contributed by atoms with van der Waals surface area (Å²) in [6, 6.07) is 1.97. The topological polar surface area (TPSA) is 70.7 Å². The number of aliphatic hydroxyl groups is 1. The quantitative estimate of drug-likeness (QED) is 0.816. The van der Waals surface area contributed by atoms with Gasteiger partial charge in [-0.2, -0.15) is 0 Å². The molecule has 0 unspecified atom stereocenters. The predicted octanol–water partition coefficient (Wildman–Crippen LogP) is 4.05. The molecule has 1 fully saturated rings. The average molecular weight is 332 g/mol. The number of aryl methyl sites for hydroxylation is 1. The Hall–Kier alpha value is -1.55. The number of fused-ring (bicyclic) bond motifs is 1. The monoisotopic (exact) mass is 332 g/mol. The molecule has 0 saturated heterocycles.